The molecule has 0 radical (unpaired) electrons. The number of benzene rings is 1. The van der Waals surface area contributed by atoms with Crippen LogP contribution in [0.3, 0.4) is 0 Å². The van der Waals surface area contributed by atoms with Crippen molar-refractivity contribution in [3.63, 3.8) is 0 Å². The number of nitrogens with zero attached hydrogens (tertiary/aromatic N) is 1. The van der Waals surface area contributed by atoms with Crippen molar-refractivity contribution >= 4 is 17.9 Å². The molecule has 32 heavy (non-hydrogen) atoms. The van der Waals surface area contributed by atoms with E-state index in [4.69, 9.17) is 4.74 Å². The first-order valence-electron chi connectivity index (χ1n) is 11.0. The molecule has 0 heterocycles. The van der Waals surface area contributed by atoms with Gasteiger partial charge in [-0.1, -0.05) is 19.1 Å². The third-order valence-electron chi connectivity index (χ3n) is 5.02. The molecule has 4 atom stereocenters. The molecular weight excluding hydrogens is 410 g/mol. The number of aromatic hydroxyl groups is 1. The number of hydrogen-bond donors (Lipinski definition) is 3. The number of amides is 3. The summed E-state index contributed by atoms with van der Waals surface area (Å²) in [6.45, 7) is 14.5. The standard InChI is InChI=1S/C24H37N3O5/c1-14-13-18(14)27(21(30)15(2)25-22(31)32-24(6,7)8)19(20(29)26-23(3,4)5)16-9-11-17(28)12-10-16/h9-12,14-15,18-19,28H,13H2,1-8H3,(H,25,31)(H,26,29). The average Bonchev–Trinajstić information content (AvgIpc) is 3.32. The summed E-state index contributed by atoms with van der Waals surface area (Å²) in [5.74, 6) is -0.386. The summed E-state index contributed by atoms with van der Waals surface area (Å²) in [7, 11) is 0. The number of ether oxygens (including phenoxy) is 1. The second-order valence-corrected chi connectivity index (χ2v) is 10.6. The Hall–Kier alpha value is -2.77. The molecule has 1 aliphatic carbocycles. The molecule has 0 saturated heterocycles. The first kappa shape index (κ1) is 25.5. The van der Waals surface area contributed by atoms with Gasteiger partial charge in [-0.2, -0.15) is 0 Å². The van der Waals surface area contributed by atoms with E-state index in [-0.39, 0.29) is 29.5 Å². The third-order valence-corrected chi connectivity index (χ3v) is 5.02. The summed E-state index contributed by atoms with van der Waals surface area (Å²) in [4.78, 5) is 40.7. The predicted octanol–water partition coefficient (Wildman–Crippen LogP) is 3.50. The van der Waals surface area contributed by atoms with Crippen LogP contribution in [0.4, 0.5) is 4.79 Å². The molecule has 4 unspecified atom stereocenters. The van der Waals surface area contributed by atoms with Gasteiger partial charge in [0.2, 0.25) is 11.8 Å². The third kappa shape index (κ3) is 7.14. The average molecular weight is 448 g/mol. The molecule has 1 saturated carbocycles. The molecule has 1 aliphatic rings. The van der Waals surface area contributed by atoms with Crippen molar-refractivity contribution in [3.05, 3.63) is 29.8 Å². The fraction of sp³-hybridized carbons (Fsp3) is 0.625. The Balaban J connectivity index is 2.38. The SMILES string of the molecule is CC(NC(=O)OC(C)(C)C)C(=O)N(C(C(=O)NC(C)(C)C)c1ccc(O)cc1)C1CC1C. The van der Waals surface area contributed by atoms with E-state index in [9.17, 15) is 19.5 Å². The van der Waals surface area contributed by atoms with Gasteiger partial charge in [-0.15, -0.1) is 0 Å². The van der Waals surface area contributed by atoms with Gasteiger partial charge in [0.05, 0.1) is 0 Å². The van der Waals surface area contributed by atoms with Crippen molar-refractivity contribution in [1.29, 1.82) is 0 Å². The zero-order valence-electron chi connectivity index (χ0n) is 20.4. The minimum absolute atomic E-state index is 0.0707. The highest BCUT2D eigenvalue weighted by atomic mass is 16.6. The second kappa shape index (κ2) is 9.38. The van der Waals surface area contributed by atoms with Gasteiger partial charge in [0.25, 0.3) is 0 Å². The molecule has 0 bridgehead atoms. The highest BCUT2D eigenvalue weighted by Gasteiger charge is 2.47. The van der Waals surface area contributed by atoms with Crippen molar-refractivity contribution in [1.82, 2.24) is 15.5 Å². The molecule has 3 amide bonds. The van der Waals surface area contributed by atoms with E-state index in [0.29, 0.717) is 5.56 Å². The van der Waals surface area contributed by atoms with Crippen molar-refractivity contribution < 1.29 is 24.2 Å². The lowest BCUT2D eigenvalue weighted by Gasteiger charge is -2.35. The van der Waals surface area contributed by atoms with E-state index >= 15 is 0 Å². The lowest BCUT2D eigenvalue weighted by atomic mass is 10.00. The number of carbonyl (C=O) groups is 3. The summed E-state index contributed by atoms with van der Waals surface area (Å²) >= 11 is 0. The molecule has 1 fully saturated rings. The zero-order valence-corrected chi connectivity index (χ0v) is 20.4. The van der Waals surface area contributed by atoms with Crippen molar-refractivity contribution in [3.8, 4) is 5.75 Å². The highest BCUT2D eigenvalue weighted by molar-refractivity contribution is 5.92. The van der Waals surface area contributed by atoms with Crippen LogP contribution in [0.15, 0.2) is 24.3 Å². The molecule has 0 spiro atoms. The van der Waals surface area contributed by atoms with Crippen LogP contribution >= 0.6 is 0 Å². The fourth-order valence-corrected chi connectivity index (χ4v) is 3.47. The Labute approximate surface area is 190 Å². The van der Waals surface area contributed by atoms with Gasteiger partial charge in [-0.25, -0.2) is 4.79 Å². The summed E-state index contributed by atoms with van der Waals surface area (Å²) in [5.41, 5.74) is -0.614. The van der Waals surface area contributed by atoms with E-state index in [1.807, 2.05) is 27.7 Å². The Bertz CT molecular complexity index is 839. The largest absolute Gasteiger partial charge is 0.508 e. The first-order chi connectivity index (χ1) is 14.6. The van der Waals surface area contributed by atoms with Crippen LogP contribution in [0.5, 0.6) is 5.75 Å². The minimum Gasteiger partial charge on any atom is -0.508 e. The van der Waals surface area contributed by atoms with Gasteiger partial charge in [-0.3, -0.25) is 9.59 Å². The number of phenolic OH excluding ortho intramolecular Hbond substituents is 1. The summed E-state index contributed by atoms with van der Waals surface area (Å²) in [5, 5.41) is 15.3. The van der Waals surface area contributed by atoms with Crippen LogP contribution in [0.1, 0.15) is 73.4 Å². The maximum atomic E-state index is 13.5. The van der Waals surface area contributed by atoms with Crippen molar-refractivity contribution in [2.24, 2.45) is 5.92 Å². The molecule has 178 valence electrons. The predicted molar refractivity (Wildman–Crippen MR) is 122 cm³/mol. The molecule has 0 aromatic heterocycles. The van der Waals surface area contributed by atoms with Gasteiger partial charge < -0.3 is 25.4 Å². The van der Waals surface area contributed by atoms with Gasteiger partial charge in [0.15, 0.2) is 0 Å². The zero-order chi connectivity index (χ0) is 24.4. The maximum Gasteiger partial charge on any atom is 0.408 e. The van der Waals surface area contributed by atoms with Crippen molar-refractivity contribution in [2.75, 3.05) is 0 Å². The summed E-state index contributed by atoms with van der Waals surface area (Å²) in [6.07, 6.45) is 0.0740. The van der Waals surface area contributed by atoms with Gasteiger partial charge in [-0.05, 0) is 78.5 Å². The fourth-order valence-electron chi connectivity index (χ4n) is 3.47. The highest BCUT2D eigenvalue weighted by Crippen LogP contribution is 2.41. The molecule has 1 aromatic carbocycles. The Morgan fingerprint density at radius 3 is 2.06 bits per heavy atom. The lowest BCUT2D eigenvalue weighted by molar-refractivity contribution is -0.143. The maximum absolute atomic E-state index is 13.5. The van der Waals surface area contributed by atoms with Gasteiger partial charge in [0.1, 0.15) is 23.4 Å². The Morgan fingerprint density at radius 2 is 1.62 bits per heavy atom. The Morgan fingerprint density at radius 1 is 1.09 bits per heavy atom. The smallest absolute Gasteiger partial charge is 0.408 e. The van der Waals surface area contributed by atoms with Crippen LogP contribution < -0.4 is 10.6 Å². The molecule has 1 aromatic rings. The van der Waals surface area contributed by atoms with Crippen LogP contribution in [-0.2, 0) is 14.3 Å². The summed E-state index contributed by atoms with van der Waals surface area (Å²) < 4.78 is 5.28. The second-order valence-electron chi connectivity index (χ2n) is 10.6. The van der Waals surface area contributed by atoms with Crippen LogP contribution in [-0.4, -0.2) is 51.1 Å². The van der Waals surface area contributed by atoms with Crippen LogP contribution in [0.2, 0.25) is 0 Å². The summed E-state index contributed by atoms with van der Waals surface area (Å²) in [6, 6.07) is 4.35. The number of hydrogen-bond acceptors (Lipinski definition) is 5. The van der Waals surface area contributed by atoms with E-state index in [0.717, 1.165) is 6.42 Å². The molecule has 8 nitrogen and oxygen atoms in total. The van der Waals surface area contributed by atoms with Crippen molar-refractivity contribution in [2.45, 2.75) is 91.1 Å². The molecule has 3 N–H and O–H groups in total. The molecular formula is C24H37N3O5. The number of phenols is 1. The monoisotopic (exact) mass is 447 g/mol. The van der Waals surface area contributed by atoms with E-state index in [1.54, 1.807) is 44.7 Å². The molecule has 0 aliphatic heterocycles. The van der Waals surface area contributed by atoms with E-state index in [2.05, 4.69) is 10.6 Å². The topological polar surface area (TPSA) is 108 Å². The number of alkyl carbamates (subject to hydrolysis) is 1. The van der Waals surface area contributed by atoms with Crippen LogP contribution in [0.25, 0.3) is 0 Å². The van der Waals surface area contributed by atoms with Gasteiger partial charge >= 0.3 is 6.09 Å². The van der Waals surface area contributed by atoms with E-state index < -0.39 is 29.3 Å². The first-order valence-corrected chi connectivity index (χ1v) is 11.0. The molecule has 2 rings (SSSR count). The lowest BCUT2D eigenvalue weighted by Crippen LogP contribution is -2.54. The molecule has 8 heteroatoms. The number of nitrogens with one attached hydrogen (secondary N) is 2. The minimum atomic E-state index is -0.903. The van der Waals surface area contributed by atoms with Gasteiger partial charge in [0, 0.05) is 11.6 Å². The number of carbonyl (C=O) groups excluding carboxylic acids is 3. The number of rotatable bonds is 6. The van der Waals surface area contributed by atoms with Crippen LogP contribution in [0, 0.1) is 5.92 Å². The van der Waals surface area contributed by atoms with E-state index in [1.165, 1.54) is 12.1 Å². The quantitative estimate of drug-likeness (QED) is 0.619. The Kier molecular flexibility index (Phi) is 7.47. The normalized spacial score (nSPS) is 20.0.